The van der Waals surface area contributed by atoms with E-state index in [2.05, 4.69) is 22.4 Å². The minimum atomic E-state index is -0.142. The van der Waals surface area contributed by atoms with Crippen molar-refractivity contribution in [3.05, 3.63) is 95.7 Å². The van der Waals surface area contributed by atoms with E-state index in [9.17, 15) is 0 Å². The normalized spacial score (nSPS) is 11.9. The van der Waals surface area contributed by atoms with Gasteiger partial charge in [-0.05, 0) is 22.8 Å². The lowest BCUT2D eigenvalue weighted by Crippen LogP contribution is -2.12. The number of nitrogens with two attached hydrogens (primary N) is 1. The highest BCUT2D eigenvalue weighted by atomic mass is 15.0. The highest BCUT2D eigenvalue weighted by Gasteiger charge is 2.08. The summed E-state index contributed by atoms with van der Waals surface area (Å²) in [5.41, 5.74) is 9.60. The first-order valence-electron chi connectivity index (χ1n) is 7.37. The Morgan fingerprint density at radius 1 is 0.818 bits per heavy atom. The fraction of sp³-hybridized carbons (Fsp3) is 0.105. The molecule has 3 aromatic rings. The van der Waals surface area contributed by atoms with Gasteiger partial charge in [-0.15, -0.1) is 0 Å². The summed E-state index contributed by atoms with van der Waals surface area (Å²) < 4.78 is 0. The quantitative estimate of drug-likeness (QED) is 0.752. The highest BCUT2D eigenvalue weighted by molar-refractivity contribution is 5.39. The number of nitrogens with one attached hydrogen (secondary N) is 1. The fourth-order valence-electron chi connectivity index (χ4n) is 2.34. The smallest absolute Gasteiger partial charge is 0.126 e. The molecule has 2 aromatic carbocycles. The molecule has 1 aromatic heterocycles. The maximum Gasteiger partial charge on any atom is 0.126 e. The van der Waals surface area contributed by atoms with E-state index >= 15 is 0 Å². The fourth-order valence-corrected chi connectivity index (χ4v) is 2.34. The Balaban J connectivity index is 1.65. The third-order valence-corrected chi connectivity index (χ3v) is 3.62. The van der Waals surface area contributed by atoms with Gasteiger partial charge in [0.1, 0.15) is 5.82 Å². The molecule has 0 spiro atoms. The lowest BCUT2D eigenvalue weighted by atomic mass is 10.0. The van der Waals surface area contributed by atoms with Crippen LogP contribution in [0.5, 0.6) is 0 Å². The largest absolute Gasteiger partial charge is 0.366 e. The monoisotopic (exact) mass is 289 g/mol. The van der Waals surface area contributed by atoms with Crippen LogP contribution in [0, 0.1) is 0 Å². The van der Waals surface area contributed by atoms with Crippen molar-refractivity contribution >= 4 is 5.82 Å². The van der Waals surface area contributed by atoms with Gasteiger partial charge in [0.2, 0.25) is 0 Å². The summed E-state index contributed by atoms with van der Waals surface area (Å²) in [7, 11) is 0. The molecule has 0 amide bonds. The number of hydrogen-bond donors (Lipinski definition) is 2. The van der Waals surface area contributed by atoms with Crippen molar-refractivity contribution in [2.24, 2.45) is 5.73 Å². The van der Waals surface area contributed by atoms with Crippen molar-refractivity contribution in [3.8, 4) is 0 Å². The predicted molar refractivity (Wildman–Crippen MR) is 90.5 cm³/mol. The highest BCUT2D eigenvalue weighted by Crippen LogP contribution is 2.19. The van der Waals surface area contributed by atoms with Crippen LogP contribution in [0.4, 0.5) is 5.82 Å². The topological polar surface area (TPSA) is 50.9 Å². The second-order valence-electron chi connectivity index (χ2n) is 5.20. The van der Waals surface area contributed by atoms with Crippen molar-refractivity contribution in [1.29, 1.82) is 0 Å². The number of aromatic nitrogens is 1. The molecule has 0 aliphatic rings. The van der Waals surface area contributed by atoms with Gasteiger partial charge in [-0.3, -0.25) is 0 Å². The zero-order valence-corrected chi connectivity index (χ0v) is 12.3. The molecule has 0 unspecified atom stereocenters. The van der Waals surface area contributed by atoms with Crippen LogP contribution in [0.2, 0.25) is 0 Å². The number of rotatable bonds is 5. The van der Waals surface area contributed by atoms with E-state index in [1.165, 1.54) is 5.56 Å². The number of benzene rings is 2. The molecule has 0 bridgehead atoms. The molecular formula is C19H19N3. The molecule has 3 N–H and O–H groups in total. The summed E-state index contributed by atoms with van der Waals surface area (Å²) >= 11 is 0. The molecule has 0 saturated heterocycles. The van der Waals surface area contributed by atoms with Crippen LogP contribution in [0.3, 0.4) is 0 Å². The first-order chi connectivity index (χ1) is 10.8. The van der Waals surface area contributed by atoms with Crippen LogP contribution in [0.15, 0.2) is 79.0 Å². The molecule has 1 heterocycles. The summed E-state index contributed by atoms with van der Waals surface area (Å²) in [4.78, 5) is 4.45. The number of pyridine rings is 1. The van der Waals surface area contributed by atoms with Crippen molar-refractivity contribution in [3.63, 3.8) is 0 Å². The van der Waals surface area contributed by atoms with E-state index in [4.69, 9.17) is 5.73 Å². The van der Waals surface area contributed by atoms with Crippen LogP contribution in [0.1, 0.15) is 22.7 Å². The van der Waals surface area contributed by atoms with Crippen LogP contribution >= 0.6 is 0 Å². The first-order valence-corrected chi connectivity index (χ1v) is 7.37. The van der Waals surface area contributed by atoms with Gasteiger partial charge in [-0.2, -0.15) is 0 Å². The Morgan fingerprint density at radius 2 is 1.50 bits per heavy atom. The average Bonchev–Trinajstić information content (AvgIpc) is 2.61. The lowest BCUT2D eigenvalue weighted by Gasteiger charge is -2.13. The predicted octanol–water partition coefficient (Wildman–Crippen LogP) is 3.74. The third-order valence-electron chi connectivity index (χ3n) is 3.62. The molecule has 0 aliphatic heterocycles. The summed E-state index contributed by atoms with van der Waals surface area (Å²) in [6.07, 6.45) is 1.84. The van der Waals surface area contributed by atoms with Crippen LogP contribution < -0.4 is 11.1 Å². The van der Waals surface area contributed by atoms with Crippen LogP contribution in [-0.4, -0.2) is 4.98 Å². The van der Waals surface area contributed by atoms with E-state index in [0.29, 0.717) is 0 Å². The van der Waals surface area contributed by atoms with Crippen molar-refractivity contribution in [1.82, 2.24) is 4.98 Å². The summed E-state index contributed by atoms with van der Waals surface area (Å²) in [5, 5.41) is 3.31. The number of anilines is 1. The average molecular weight is 289 g/mol. The van der Waals surface area contributed by atoms with Gasteiger partial charge < -0.3 is 11.1 Å². The van der Waals surface area contributed by atoms with Crippen molar-refractivity contribution in [2.75, 3.05) is 5.32 Å². The molecule has 0 fully saturated rings. The molecule has 110 valence electrons. The van der Waals surface area contributed by atoms with E-state index in [1.807, 2.05) is 66.9 Å². The SMILES string of the molecule is N[C@H](c1ccccc1)c1ccc(NCc2ccccc2)nc1. The molecule has 0 saturated carbocycles. The summed E-state index contributed by atoms with van der Waals surface area (Å²) in [5.74, 6) is 0.855. The van der Waals surface area contributed by atoms with Gasteiger partial charge >= 0.3 is 0 Å². The zero-order chi connectivity index (χ0) is 15.2. The summed E-state index contributed by atoms with van der Waals surface area (Å²) in [6, 6.07) is 24.2. The van der Waals surface area contributed by atoms with E-state index < -0.39 is 0 Å². The number of nitrogens with zero attached hydrogens (tertiary/aromatic N) is 1. The minimum absolute atomic E-state index is 0.142. The molecular weight excluding hydrogens is 270 g/mol. The van der Waals surface area contributed by atoms with E-state index in [1.54, 1.807) is 0 Å². The van der Waals surface area contributed by atoms with Gasteiger partial charge in [0, 0.05) is 12.7 Å². The molecule has 1 atom stereocenters. The Bertz CT molecular complexity index is 694. The van der Waals surface area contributed by atoms with Crippen LogP contribution in [-0.2, 0) is 6.54 Å². The Morgan fingerprint density at radius 3 is 2.14 bits per heavy atom. The summed E-state index contributed by atoms with van der Waals surface area (Å²) in [6.45, 7) is 0.762. The molecule has 0 radical (unpaired) electrons. The van der Waals surface area contributed by atoms with E-state index in [-0.39, 0.29) is 6.04 Å². The molecule has 22 heavy (non-hydrogen) atoms. The van der Waals surface area contributed by atoms with Gasteiger partial charge in [0.25, 0.3) is 0 Å². The molecule has 3 heteroatoms. The van der Waals surface area contributed by atoms with Crippen LogP contribution in [0.25, 0.3) is 0 Å². The zero-order valence-electron chi connectivity index (χ0n) is 12.3. The Hall–Kier alpha value is -2.65. The van der Waals surface area contributed by atoms with Gasteiger partial charge in [-0.25, -0.2) is 4.98 Å². The number of hydrogen-bond acceptors (Lipinski definition) is 3. The lowest BCUT2D eigenvalue weighted by molar-refractivity contribution is 0.863. The Labute approximate surface area is 130 Å². The minimum Gasteiger partial charge on any atom is -0.366 e. The second-order valence-corrected chi connectivity index (χ2v) is 5.20. The van der Waals surface area contributed by atoms with Crippen molar-refractivity contribution < 1.29 is 0 Å². The molecule has 3 rings (SSSR count). The maximum atomic E-state index is 6.27. The van der Waals surface area contributed by atoms with Gasteiger partial charge in [0.15, 0.2) is 0 Å². The Kier molecular flexibility index (Phi) is 4.47. The second kappa shape index (κ2) is 6.87. The standard InChI is InChI=1S/C19H19N3/c20-19(16-9-5-2-6-10-16)17-11-12-18(22-14-17)21-13-15-7-3-1-4-8-15/h1-12,14,19H,13,20H2,(H,21,22)/t19-/m1/s1. The first kappa shape index (κ1) is 14.3. The van der Waals surface area contributed by atoms with Gasteiger partial charge in [-0.1, -0.05) is 66.7 Å². The maximum absolute atomic E-state index is 6.27. The molecule has 0 aliphatic carbocycles. The van der Waals surface area contributed by atoms with E-state index in [0.717, 1.165) is 23.5 Å². The molecule has 3 nitrogen and oxygen atoms in total. The third kappa shape index (κ3) is 3.51. The van der Waals surface area contributed by atoms with Crippen molar-refractivity contribution in [2.45, 2.75) is 12.6 Å². The van der Waals surface area contributed by atoms with Gasteiger partial charge in [0.05, 0.1) is 6.04 Å².